The summed E-state index contributed by atoms with van der Waals surface area (Å²) in [6.45, 7) is 0. The Morgan fingerprint density at radius 3 is 2.62 bits per heavy atom. The molecule has 2 rings (SSSR count). The van der Waals surface area contributed by atoms with E-state index in [1.165, 1.54) is 36.6 Å². The van der Waals surface area contributed by atoms with Crippen LogP contribution in [0.4, 0.5) is 5.69 Å². The van der Waals surface area contributed by atoms with Crippen LogP contribution in [0.3, 0.4) is 0 Å². The van der Waals surface area contributed by atoms with Crippen molar-refractivity contribution in [1.82, 2.24) is 0 Å². The van der Waals surface area contributed by atoms with Gasteiger partial charge in [0.2, 0.25) is 0 Å². The van der Waals surface area contributed by atoms with Crippen molar-refractivity contribution in [2.45, 2.75) is 0 Å². The van der Waals surface area contributed by atoms with Crippen molar-refractivity contribution in [1.29, 1.82) is 0 Å². The monoisotopic (exact) mass is 305 g/mol. The van der Waals surface area contributed by atoms with Crippen molar-refractivity contribution in [3.05, 3.63) is 46.2 Å². The molecule has 0 saturated heterocycles. The molecule has 0 fully saturated rings. The van der Waals surface area contributed by atoms with Gasteiger partial charge in [-0.3, -0.25) is 4.79 Å². The minimum Gasteiger partial charge on any atom is -0.465 e. The molecule has 0 bridgehead atoms. The van der Waals surface area contributed by atoms with Gasteiger partial charge in [0.1, 0.15) is 0 Å². The number of benzene rings is 1. The molecule has 3 N–H and O–H groups in total. The van der Waals surface area contributed by atoms with E-state index in [1.54, 1.807) is 17.5 Å². The van der Waals surface area contributed by atoms with Crippen molar-refractivity contribution in [3.63, 3.8) is 0 Å². The van der Waals surface area contributed by atoms with E-state index < -0.39 is 13.1 Å². The van der Waals surface area contributed by atoms with Crippen LogP contribution in [0.25, 0.3) is 0 Å². The summed E-state index contributed by atoms with van der Waals surface area (Å²) in [6, 6.07) is 7.47. The van der Waals surface area contributed by atoms with E-state index in [0.717, 1.165) is 0 Å². The van der Waals surface area contributed by atoms with Crippen LogP contribution < -0.4 is 10.8 Å². The normalized spacial score (nSPS) is 10.0. The maximum atomic E-state index is 12.0. The lowest BCUT2D eigenvalue weighted by Crippen LogP contribution is -2.31. The van der Waals surface area contributed by atoms with Crippen LogP contribution in [0.1, 0.15) is 20.0 Å². The van der Waals surface area contributed by atoms with Crippen molar-refractivity contribution >= 4 is 41.5 Å². The molecule has 0 spiro atoms. The maximum Gasteiger partial charge on any atom is 0.488 e. The zero-order chi connectivity index (χ0) is 15.4. The molecule has 1 aromatic carbocycles. The molecule has 0 aliphatic carbocycles. The van der Waals surface area contributed by atoms with Crippen LogP contribution >= 0.6 is 11.3 Å². The largest absolute Gasteiger partial charge is 0.488 e. The Labute approximate surface area is 125 Å². The average molecular weight is 305 g/mol. The fourth-order valence-electron chi connectivity index (χ4n) is 1.71. The molecule has 0 atom stereocenters. The zero-order valence-electron chi connectivity index (χ0n) is 11.1. The summed E-state index contributed by atoms with van der Waals surface area (Å²) in [5, 5.41) is 22.8. The third kappa shape index (κ3) is 3.69. The number of anilines is 1. The number of amides is 1. The van der Waals surface area contributed by atoms with Gasteiger partial charge in [0, 0.05) is 5.69 Å². The SMILES string of the molecule is COC(=O)c1cc(NC(=O)c2cccs2)cc(B(O)O)c1. The number of thiophene rings is 1. The fraction of sp³-hybridized carbons (Fsp3) is 0.0769. The number of carbonyl (C=O) groups is 2. The van der Waals surface area contributed by atoms with E-state index in [4.69, 9.17) is 0 Å². The number of nitrogens with one attached hydrogen (secondary N) is 1. The molecule has 1 heterocycles. The number of rotatable bonds is 4. The highest BCUT2D eigenvalue weighted by Gasteiger charge is 2.17. The van der Waals surface area contributed by atoms with Crippen LogP contribution in [0.5, 0.6) is 0 Å². The van der Waals surface area contributed by atoms with Gasteiger partial charge in [-0.1, -0.05) is 6.07 Å². The predicted molar refractivity (Wildman–Crippen MR) is 79.9 cm³/mol. The number of esters is 1. The molecule has 0 radical (unpaired) electrons. The molecule has 0 unspecified atom stereocenters. The van der Waals surface area contributed by atoms with Crippen LogP contribution in [0.15, 0.2) is 35.7 Å². The maximum absolute atomic E-state index is 12.0. The van der Waals surface area contributed by atoms with Crippen LogP contribution in [-0.4, -0.2) is 36.2 Å². The number of hydrogen-bond acceptors (Lipinski definition) is 6. The highest BCUT2D eigenvalue weighted by atomic mass is 32.1. The third-order valence-corrected chi connectivity index (χ3v) is 3.55. The number of carbonyl (C=O) groups excluding carboxylic acids is 2. The van der Waals surface area contributed by atoms with Crippen molar-refractivity contribution in [2.24, 2.45) is 0 Å². The topological polar surface area (TPSA) is 95.9 Å². The first-order valence-electron chi connectivity index (χ1n) is 5.95. The molecule has 21 heavy (non-hydrogen) atoms. The minimum atomic E-state index is -1.76. The molecule has 2 aromatic rings. The van der Waals surface area contributed by atoms with E-state index in [-0.39, 0.29) is 22.6 Å². The molecule has 108 valence electrons. The lowest BCUT2D eigenvalue weighted by molar-refractivity contribution is 0.0600. The second kappa shape index (κ2) is 6.53. The molecule has 1 amide bonds. The Hall–Kier alpha value is -2.16. The lowest BCUT2D eigenvalue weighted by atomic mass is 9.79. The average Bonchev–Trinajstić information content (AvgIpc) is 3.00. The van der Waals surface area contributed by atoms with Gasteiger partial charge in [-0.2, -0.15) is 0 Å². The lowest BCUT2D eigenvalue weighted by Gasteiger charge is -2.09. The van der Waals surface area contributed by atoms with Gasteiger partial charge in [0.05, 0.1) is 17.6 Å². The van der Waals surface area contributed by atoms with Gasteiger partial charge in [-0.15, -0.1) is 11.3 Å². The van der Waals surface area contributed by atoms with E-state index >= 15 is 0 Å². The number of hydrogen-bond donors (Lipinski definition) is 3. The second-order valence-electron chi connectivity index (χ2n) is 4.14. The van der Waals surface area contributed by atoms with Gasteiger partial charge < -0.3 is 20.1 Å². The Morgan fingerprint density at radius 2 is 2.05 bits per heavy atom. The quantitative estimate of drug-likeness (QED) is 0.563. The molecular weight excluding hydrogens is 293 g/mol. The first-order valence-corrected chi connectivity index (χ1v) is 6.83. The van der Waals surface area contributed by atoms with Crippen LogP contribution in [0.2, 0.25) is 0 Å². The summed E-state index contributed by atoms with van der Waals surface area (Å²) >= 11 is 1.27. The summed E-state index contributed by atoms with van der Waals surface area (Å²) in [6.07, 6.45) is 0. The fourth-order valence-corrected chi connectivity index (χ4v) is 2.33. The Kier molecular flexibility index (Phi) is 4.74. The van der Waals surface area contributed by atoms with E-state index in [9.17, 15) is 19.6 Å². The highest BCUT2D eigenvalue weighted by molar-refractivity contribution is 7.12. The highest BCUT2D eigenvalue weighted by Crippen LogP contribution is 2.15. The standard InChI is InChI=1S/C13H12BNO5S/c1-20-13(17)8-5-9(14(18)19)7-10(6-8)15-12(16)11-3-2-4-21-11/h2-7,18-19H,1H3,(H,15,16). The van der Waals surface area contributed by atoms with E-state index in [1.807, 2.05) is 0 Å². The predicted octanol–water partition coefficient (Wildman–Crippen LogP) is 0.467. The first-order chi connectivity index (χ1) is 10.0. The molecule has 8 heteroatoms. The number of methoxy groups -OCH3 is 1. The molecule has 0 aliphatic rings. The van der Waals surface area contributed by atoms with Crippen LogP contribution in [-0.2, 0) is 4.74 Å². The summed E-state index contributed by atoms with van der Waals surface area (Å²) < 4.78 is 4.59. The van der Waals surface area contributed by atoms with Gasteiger partial charge in [0.25, 0.3) is 5.91 Å². The summed E-state index contributed by atoms with van der Waals surface area (Å²) in [5.41, 5.74) is 0.475. The first kappa shape index (κ1) is 15.2. The van der Waals surface area contributed by atoms with Gasteiger partial charge in [0.15, 0.2) is 0 Å². The van der Waals surface area contributed by atoms with Gasteiger partial charge in [-0.25, -0.2) is 4.79 Å². The van der Waals surface area contributed by atoms with Gasteiger partial charge >= 0.3 is 13.1 Å². The zero-order valence-corrected chi connectivity index (χ0v) is 11.9. The van der Waals surface area contributed by atoms with Crippen molar-refractivity contribution in [2.75, 3.05) is 12.4 Å². The number of ether oxygens (including phenoxy) is 1. The van der Waals surface area contributed by atoms with Gasteiger partial charge in [-0.05, 0) is 35.1 Å². The van der Waals surface area contributed by atoms with Crippen LogP contribution in [0, 0.1) is 0 Å². The van der Waals surface area contributed by atoms with Crippen molar-refractivity contribution < 1.29 is 24.4 Å². The second-order valence-corrected chi connectivity index (χ2v) is 5.09. The summed E-state index contributed by atoms with van der Waals surface area (Å²) in [4.78, 5) is 24.0. The summed E-state index contributed by atoms with van der Waals surface area (Å²) in [7, 11) is -0.541. The Bertz CT molecular complexity index is 657. The minimum absolute atomic E-state index is 0.0828. The molecule has 0 saturated carbocycles. The molecule has 0 aliphatic heterocycles. The Morgan fingerprint density at radius 1 is 1.29 bits per heavy atom. The molecule has 1 aromatic heterocycles. The molecule has 6 nitrogen and oxygen atoms in total. The van der Waals surface area contributed by atoms with E-state index in [0.29, 0.717) is 4.88 Å². The third-order valence-electron chi connectivity index (χ3n) is 2.68. The Balaban J connectivity index is 2.31. The van der Waals surface area contributed by atoms with E-state index in [2.05, 4.69) is 10.1 Å². The summed E-state index contributed by atoms with van der Waals surface area (Å²) in [5.74, 6) is -0.977. The molecular formula is C13H12BNO5S. The van der Waals surface area contributed by atoms with Crippen molar-refractivity contribution in [3.8, 4) is 0 Å². The smallest absolute Gasteiger partial charge is 0.465 e.